The van der Waals surface area contributed by atoms with Crippen molar-refractivity contribution < 1.29 is 19.4 Å². The molecule has 0 aromatic heterocycles. The average molecular weight is 394 g/mol. The lowest BCUT2D eigenvalue weighted by atomic mass is 9.98. The summed E-state index contributed by atoms with van der Waals surface area (Å²) in [5, 5.41) is 9.29. The van der Waals surface area contributed by atoms with Gasteiger partial charge in [-0.3, -0.25) is 9.59 Å². The molecule has 29 heavy (non-hydrogen) atoms. The van der Waals surface area contributed by atoms with Gasteiger partial charge in [-0.25, -0.2) is 0 Å². The molecule has 2 amide bonds. The quantitative estimate of drug-likeness (QED) is 0.846. The van der Waals surface area contributed by atoms with Crippen LogP contribution in [0.25, 0.3) is 0 Å². The summed E-state index contributed by atoms with van der Waals surface area (Å²) in [7, 11) is 0. The summed E-state index contributed by atoms with van der Waals surface area (Å²) in [5.41, 5.74) is 2.37. The number of hydrogen-bond donors (Lipinski definition) is 1. The van der Waals surface area contributed by atoms with Crippen molar-refractivity contribution in [3.05, 3.63) is 59.7 Å². The molecule has 2 aromatic carbocycles. The number of ether oxygens (including phenoxy) is 1. The lowest BCUT2D eigenvalue weighted by Crippen LogP contribution is -2.44. The number of piperidine rings is 1. The number of carbonyl (C=O) groups is 2. The third-order valence-corrected chi connectivity index (χ3v) is 5.70. The van der Waals surface area contributed by atoms with Gasteiger partial charge in [-0.05, 0) is 55.5 Å². The molecule has 2 aromatic rings. The fourth-order valence-corrected chi connectivity index (χ4v) is 4.15. The number of rotatable bonds is 5. The molecule has 152 valence electrons. The van der Waals surface area contributed by atoms with E-state index in [4.69, 9.17) is 4.74 Å². The van der Waals surface area contributed by atoms with E-state index in [9.17, 15) is 14.7 Å². The molecular formula is C23H26N2O4. The van der Waals surface area contributed by atoms with Gasteiger partial charge in [-0.1, -0.05) is 24.3 Å². The van der Waals surface area contributed by atoms with Crippen LogP contribution in [0.15, 0.2) is 48.5 Å². The molecule has 1 atom stereocenters. The number of benzene rings is 2. The van der Waals surface area contributed by atoms with E-state index in [1.54, 1.807) is 4.90 Å². The summed E-state index contributed by atoms with van der Waals surface area (Å²) in [4.78, 5) is 28.9. The molecular weight excluding hydrogens is 368 g/mol. The highest BCUT2D eigenvalue weighted by atomic mass is 16.5. The van der Waals surface area contributed by atoms with Gasteiger partial charge in [0.05, 0.1) is 12.2 Å². The summed E-state index contributed by atoms with van der Waals surface area (Å²) in [5.74, 6) is 0.644. The SMILES string of the molecule is O=C1COc2ccccc2N1Cc1ccc(C(=O)N2CCCCC2CCO)cc1. The maximum atomic E-state index is 13.0. The van der Waals surface area contributed by atoms with Gasteiger partial charge >= 0.3 is 0 Å². The fraction of sp³-hybridized carbons (Fsp3) is 0.391. The standard InChI is InChI=1S/C23H26N2O4/c26-14-12-19-5-3-4-13-24(19)23(28)18-10-8-17(9-11-18)15-25-20-6-1-2-7-21(20)29-16-22(25)27/h1-2,6-11,19,26H,3-5,12-16H2. The molecule has 6 heteroatoms. The second-order valence-corrected chi connectivity index (χ2v) is 7.59. The van der Waals surface area contributed by atoms with Crippen LogP contribution in [0.3, 0.4) is 0 Å². The summed E-state index contributed by atoms with van der Waals surface area (Å²) in [6.07, 6.45) is 3.68. The Labute approximate surface area is 170 Å². The molecule has 2 aliphatic rings. The minimum Gasteiger partial charge on any atom is -0.482 e. The second-order valence-electron chi connectivity index (χ2n) is 7.59. The van der Waals surface area contributed by atoms with E-state index in [1.165, 1.54) is 0 Å². The van der Waals surface area contributed by atoms with E-state index >= 15 is 0 Å². The number of aliphatic hydroxyl groups is 1. The van der Waals surface area contributed by atoms with Crippen LogP contribution in [-0.4, -0.2) is 47.6 Å². The zero-order valence-electron chi connectivity index (χ0n) is 16.4. The van der Waals surface area contributed by atoms with Gasteiger partial charge in [0, 0.05) is 24.8 Å². The van der Waals surface area contributed by atoms with Gasteiger partial charge in [-0.2, -0.15) is 0 Å². The van der Waals surface area contributed by atoms with Crippen molar-refractivity contribution in [3.63, 3.8) is 0 Å². The van der Waals surface area contributed by atoms with Crippen LogP contribution >= 0.6 is 0 Å². The van der Waals surface area contributed by atoms with Gasteiger partial charge in [-0.15, -0.1) is 0 Å². The smallest absolute Gasteiger partial charge is 0.265 e. The number of anilines is 1. The average Bonchev–Trinajstić information content (AvgIpc) is 2.76. The van der Waals surface area contributed by atoms with E-state index in [-0.39, 0.29) is 31.1 Å². The lowest BCUT2D eigenvalue weighted by Gasteiger charge is -2.35. The molecule has 6 nitrogen and oxygen atoms in total. The Kier molecular flexibility index (Phi) is 5.81. The number of aliphatic hydroxyl groups excluding tert-OH is 1. The first-order valence-corrected chi connectivity index (χ1v) is 10.2. The van der Waals surface area contributed by atoms with Crippen LogP contribution in [0.5, 0.6) is 5.75 Å². The van der Waals surface area contributed by atoms with Gasteiger partial charge in [0.15, 0.2) is 6.61 Å². The number of carbonyl (C=O) groups excluding carboxylic acids is 2. The monoisotopic (exact) mass is 394 g/mol. The van der Waals surface area contributed by atoms with E-state index in [0.717, 1.165) is 37.1 Å². The Morgan fingerprint density at radius 1 is 1.10 bits per heavy atom. The van der Waals surface area contributed by atoms with Crippen molar-refractivity contribution in [2.24, 2.45) is 0 Å². The fourth-order valence-electron chi connectivity index (χ4n) is 4.15. The normalized spacial score (nSPS) is 18.9. The Balaban J connectivity index is 1.48. The number of fused-ring (bicyclic) bond motifs is 1. The van der Waals surface area contributed by atoms with Gasteiger partial charge in [0.2, 0.25) is 0 Å². The molecule has 0 radical (unpaired) electrons. The first kappa shape index (κ1) is 19.5. The highest BCUT2D eigenvalue weighted by Crippen LogP contribution is 2.32. The largest absolute Gasteiger partial charge is 0.482 e. The van der Waals surface area contributed by atoms with E-state index in [2.05, 4.69) is 0 Å². The van der Waals surface area contributed by atoms with Crippen molar-refractivity contribution in [1.82, 2.24) is 4.90 Å². The molecule has 0 bridgehead atoms. The van der Waals surface area contributed by atoms with Crippen LogP contribution in [0.2, 0.25) is 0 Å². The molecule has 0 aliphatic carbocycles. The topological polar surface area (TPSA) is 70.1 Å². The molecule has 4 rings (SSSR count). The number of likely N-dealkylation sites (tertiary alicyclic amines) is 1. The van der Waals surface area contributed by atoms with E-state index < -0.39 is 0 Å². The van der Waals surface area contributed by atoms with Gasteiger partial charge in [0.25, 0.3) is 11.8 Å². The van der Waals surface area contributed by atoms with Crippen molar-refractivity contribution in [2.75, 3.05) is 24.7 Å². The Bertz CT molecular complexity index is 879. The summed E-state index contributed by atoms with van der Waals surface area (Å²) in [6, 6.07) is 15.1. The van der Waals surface area contributed by atoms with Crippen molar-refractivity contribution >= 4 is 17.5 Å². The maximum Gasteiger partial charge on any atom is 0.265 e. The Morgan fingerprint density at radius 2 is 1.90 bits per heavy atom. The molecule has 1 N–H and O–H groups in total. The first-order chi connectivity index (χ1) is 14.2. The van der Waals surface area contributed by atoms with Crippen molar-refractivity contribution in [1.29, 1.82) is 0 Å². The molecule has 0 spiro atoms. The Hall–Kier alpha value is -2.86. The predicted octanol–water partition coefficient (Wildman–Crippen LogP) is 2.99. The van der Waals surface area contributed by atoms with Crippen LogP contribution in [0, 0.1) is 0 Å². The number of hydrogen-bond acceptors (Lipinski definition) is 4. The van der Waals surface area contributed by atoms with Crippen LogP contribution in [0.4, 0.5) is 5.69 Å². The highest BCUT2D eigenvalue weighted by molar-refractivity contribution is 5.98. The summed E-state index contributed by atoms with van der Waals surface area (Å²) >= 11 is 0. The van der Waals surface area contributed by atoms with E-state index in [1.807, 2.05) is 53.4 Å². The van der Waals surface area contributed by atoms with Crippen molar-refractivity contribution in [3.8, 4) is 5.75 Å². The first-order valence-electron chi connectivity index (χ1n) is 10.2. The minimum atomic E-state index is -0.0796. The number of para-hydroxylation sites is 2. The summed E-state index contributed by atoms with van der Waals surface area (Å²) in [6.45, 7) is 1.31. The van der Waals surface area contributed by atoms with E-state index in [0.29, 0.717) is 24.3 Å². The molecule has 2 aliphatic heterocycles. The van der Waals surface area contributed by atoms with Gasteiger partial charge < -0.3 is 19.6 Å². The molecule has 1 unspecified atom stereocenters. The molecule has 1 fully saturated rings. The van der Waals surface area contributed by atoms with Crippen LogP contribution in [-0.2, 0) is 11.3 Å². The third-order valence-electron chi connectivity index (χ3n) is 5.70. The molecule has 2 heterocycles. The predicted molar refractivity (Wildman–Crippen MR) is 110 cm³/mol. The zero-order valence-corrected chi connectivity index (χ0v) is 16.4. The van der Waals surface area contributed by atoms with Crippen LogP contribution < -0.4 is 9.64 Å². The van der Waals surface area contributed by atoms with Crippen LogP contribution in [0.1, 0.15) is 41.6 Å². The van der Waals surface area contributed by atoms with Crippen molar-refractivity contribution in [2.45, 2.75) is 38.3 Å². The minimum absolute atomic E-state index is 0.0162. The zero-order chi connectivity index (χ0) is 20.2. The summed E-state index contributed by atoms with van der Waals surface area (Å²) < 4.78 is 5.49. The molecule has 0 saturated carbocycles. The number of amides is 2. The highest BCUT2D eigenvalue weighted by Gasteiger charge is 2.28. The number of nitrogens with zero attached hydrogens (tertiary/aromatic N) is 2. The molecule has 1 saturated heterocycles. The third kappa shape index (κ3) is 4.12. The van der Waals surface area contributed by atoms with Gasteiger partial charge in [0.1, 0.15) is 5.75 Å². The maximum absolute atomic E-state index is 13.0. The Morgan fingerprint density at radius 3 is 2.69 bits per heavy atom. The lowest BCUT2D eigenvalue weighted by molar-refractivity contribution is -0.121. The second kappa shape index (κ2) is 8.66.